The van der Waals surface area contributed by atoms with E-state index in [-0.39, 0.29) is 11.9 Å². The van der Waals surface area contributed by atoms with Crippen molar-refractivity contribution in [3.05, 3.63) is 77.4 Å². The lowest BCUT2D eigenvalue weighted by Crippen LogP contribution is -2.08. The Kier molecular flexibility index (Phi) is 4.50. The van der Waals surface area contributed by atoms with E-state index < -0.39 is 0 Å². The summed E-state index contributed by atoms with van der Waals surface area (Å²) in [5, 5.41) is 0. The molecule has 1 aliphatic rings. The molecule has 2 nitrogen and oxygen atoms in total. The van der Waals surface area contributed by atoms with E-state index in [1.54, 1.807) is 0 Å². The number of Topliss-reactive ketones (excluding diaryl/α,β-unsaturated/α-hetero) is 1. The normalized spacial score (nSPS) is 16.1. The van der Waals surface area contributed by atoms with Crippen molar-refractivity contribution in [2.24, 2.45) is 0 Å². The minimum Gasteiger partial charge on any atom is -0.369 e. The molecule has 22 heavy (non-hydrogen) atoms. The van der Waals surface area contributed by atoms with E-state index in [0.717, 1.165) is 28.7 Å². The topological polar surface area (TPSA) is 26.3 Å². The summed E-state index contributed by atoms with van der Waals surface area (Å²) in [5.74, 6) is 0.224. The van der Waals surface area contributed by atoms with Gasteiger partial charge in [0.05, 0.1) is 0 Å². The van der Waals surface area contributed by atoms with E-state index in [2.05, 4.69) is 12.1 Å². The lowest BCUT2D eigenvalue weighted by molar-refractivity contribution is -0.113. The molecule has 0 spiro atoms. The van der Waals surface area contributed by atoms with Crippen LogP contribution in [0.25, 0.3) is 5.57 Å². The van der Waals surface area contributed by atoms with E-state index in [4.69, 9.17) is 4.74 Å². The largest absolute Gasteiger partial charge is 0.369 e. The van der Waals surface area contributed by atoms with Crippen LogP contribution in [0.2, 0.25) is 0 Å². The minimum absolute atomic E-state index is 0.132. The lowest BCUT2D eigenvalue weighted by Gasteiger charge is -2.20. The molecule has 2 aromatic carbocycles. The predicted molar refractivity (Wildman–Crippen MR) is 88.4 cm³/mol. The number of ether oxygens (including phenoxy) is 1. The number of rotatable bonds is 5. The summed E-state index contributed by atoms with van der Waals surface area (Å²) in [6.07, 6.45) is 1.23. The second-order valence-corrected chi connectivity index (χ2v) is 5.44. The van der Waals surface area contributed by atoms with Gasteiger partial charge < -0.3 is 4.74 Å². The van der Waals surface area contributed by atoms with Crippen molar-refractivity contribution < 1.29 is 9.53 Å². The number of allylic oxidation sites excluding steroid dienone is 1. The third kappa shape index (κ3) is 2.88. The van der Waals surface area contributed by atoms with Gasteiger partial charge in [-0.3, -0.25) is 4.79 Å². The van der Waals surface area contributed by atoms with E-state index in [0.29, 0.717) is 13.0 Å². The van der Waals surface area contributed by atoms with E-state index in [1.807, 2.05) is 55.5 Å². The van der Waals surface area contributed by atoms with Gasteiger partial charge in [-0.15, -0.1) is 0 Å². The molecule has 1 unspecified atom stereocenters. The second kappa shape index (κ2) is 6.71. The number of hydrogen-bond acceptors (Lipinski definition) is 2. The number of carbonyl (C=O) groups excluding carboxylic acids is 1. The standard InChI is InChI=1S/C20H20O2/c1-2-22-20(16-11-7-4-8-12-16)17-13-14-18(21)19(17)15-9-5-3-6-10-15/h3-12,20H,2,13-14H2,1H3. The highest BCUT2D eigenvalue weighted by Gasteiger charge is 2.30. The van der Waals surface area contributed by atoms with Crippen LogP contribution in [-0.2, 0) is 9.53 Å². The Bertz CT molecular complexity index is 671. The summed E-state index contributed by atoms with van der Waals surface area (Å²) in [5.41, 5.74) is 4.08. The van der Waals surface area contributed by atoms with Gasteiger partial charge in [0, 0.05) is 18.6 Å². The molecule has 0 radical (unpaired) electrons. The Morgan fingerprint density at radius 1 is 0.955 bits per heavy atom. The molecule has 1 aliphatic carbocycles. The average Bonchev–Trinajstić information content (AvgIpc) is 2.95. The van der Waals surface area contributed by atoms with Crippen LogP contribution in [0, 0.1) is 0 Å². The van der Waals surface area contributed by atoms with Crippen molar-refractivity contribution in [1.82, 2.24) is 0 Å². The molecular formula is C20H20O2. The summed E-state index contributed by atoms with van der Waals surface area (Å²) in [7, 11) is 0. The Labute approximate surface area is 131 Å². The lowest BCUT2D eigenvalue weighted by atomic mass is 9.94. The number of ketones is 1. The number of carbonyl (C=O) groups is 1. The van der Waals surface area contributed by atoms with Gasteiger partial charge >= 0.3 is 0 Å². The average molecular weight is 292 g/mol. The number of hydrogen-bond donors (Lipinski definition) is 0. The van der Waals surface area contributed by atoms with E-state index >= 15 is 0 Å². The van der Waals surface area contributed by atoms with Crippen LogP contribution in [-0.4, -0.2) is 12.4 Å². The van der Waals surface area contributed by atoms with Gasteiger partial charge in [-0.1, -0.05) is 60.7 Å². The summed E-state index contributed by atoms with van der Waals surface area (Å²) in [6, 6.07) is 20.1. The van der Waals surface area contributed by atoms with Gasteiger partial charge in [0.2, 0.25) is 0 Å². The van der Waals surface area contributed by atoms with Crippen LogP contribution < -0.4 is 0 Å². The first-order valence-corrected chi connectivity index (χ1v) is 7.79. The highest BCUT2D eigenvalue weighted by Crippen LogP contribution is 2.40. The SMILES string of the molecule is CCOC(C1=C(c2ccccc2)C(=O)CC1)c1ccccc1. The minimum atomic E-state index is -0.132. The fourth-order valence-electron chi connectivity index (χ4n) is 3.08. The smallest absolute Gasteiger partial charge is 0.163 e. The fraction of sp³-hybridized carbons (Fsp3) is 0.250. The van der Waals surface area contributed by atoms with Crippen molar-refractivity contribution >= 4 is 11.4 Å². The molecule has 112 valence electrons. The molecule has 1 atom stereocenters. The molecule has 0 N–H and O–H groups in total. The fourth-order valence-corrected chi connectivity index (χ4v) is 3.08. The first-order valence-electron chi connectivity index (χ1n) is 7.79. The zero-order valence-electron chi connectivity index (χ0n) is 12.8. The molecule has 2 heteroatoms. The van der Waals surface area contributed by atoms with Crippen LogP contribution in [0.1, 0.15) is 37.0 Å². The van der Waals surface area contributed by atoms with Gasteiger partial charge in [0.15, 0.2) is 5.78 Å². The van der Waals surface area contributed by atoms with E-state index in [9.17, 15) is 4.79 Å². The zero-order valence-corrected chi connectivity index (χ0v) is 12.8. The molecule has 0 saturated heterocycles. The summed E-state index contributed by atoms with van der Waals surface area (Å²) < 4.78 is 6.00. The van der Waals surface area contributed by atoms with Gasteiger partial charge in [-0.05, 0) is 30.0 Å². The maximum atomic E-state index is 12.4. The third-order valence-electron chi connectivity index (χ3n) is 4.04. The molecule has 0 amide bonds. The van der Waals surface area contributed by atoms with Crippen LogP contribution in [0.15, 0.2) is 66.2 Å². The first-order chi connectivity index (χ1) is 10.8. The second-order valence-electron chi connectivity index (χ2n) is 5.44. The van der Waals surface area contributed by atoms with Crippen LogP contribution in [0.5, 0.6) is 0 Å². The van der Waals surface area contributed by atoms with Crippen molar-refractivity contribution in [3.8, 4) is 0 Å². The third-order valence-corrected chi connectivity index (χ3v) is 4.04. The van der Waals surface area contributed by atoms with E-state index in [1.165, 1.54) is 0 Å². The first kappa shape index (κ1) is 14.7. The summed E-state index contributed by atoms with van der Waals surface area (Å²) in [4.78, 5) is 12.4. The van der Waals surface area contributed by atoms with Crippen molar-refractivity contribution in [1.29, 1.82) is 0 Å². The Morgan fingerprint density at radius 2 is 1.59 bits per heavy atom. The van der Waals surface area contributed by atoms with Crippen molar-refractivity contribution in [2.45, 2.75) is 25.9 Å². The predicted octanol–water partition coefficient (Wildman–Crippen LogP) is 4.58. The van der Waals surface area contributed by atoms with Gasteiger partial charge in [-0.2, -0.15) is 0 Å². The maximum Gasteiger partial charge on any atom is 0.163 e. The zero-order chi connectivity index (χ0) is 15.4. The van der Waals surface area contributed by atoms with Gasteiger partial charge in [0.25, 0.3) is 0 Å². The Hall–Kier alpha value is -2.19. The van der Waals surface area contributed by atoms with Crippen LogP contribution in [0.4, 0.5) is 0 Å². The molecule has 0 fully saturated rings. The molecule has 0 aromatic heterocycles. The molecule has 0 bridgehead atoms. The molecule has 0 heterocycles. The quantitative estimate of drug-likeness (QED) is 0.806. The summed E-state index contributed by atoms with van der Waals surface area (Å²) in [6.45, 7) is 2.62. The molecule has 3 rings (SSSR count). The molecular weight excluding hydrogens is 272 g/mol. The van der Waals surface area contributed by atoms with Gasteiger partial charge in [0.1, 0.15) is 6.10 Å². The highest BCUT2D eigenvalue weighted by molar-refractivity contribution is 6.23. The Balaban J connectivity index is 2.08. The monoisotopic (exact) mass is 292 g/mol. The molecule has 0 aliphatic heterocycles. The Morgan fingerprint density at radius 3 is 2.23 bits per heavy atom. The van der Waals surface area contributed by atoms with Crippen molar-refractivity contribution in [3.63, 3.8) is 0 Å². The summed E-state index contributed by atoms with van der Waals surface area (Å²) >= 11 is 0. The maximum absolute atomic E-state index is 12.4. The van der Waals surface area contributed by atoms with Crippen LogP contribution in [0.3, 0.4) is 0 Å². The molecule has 2 aromatic rings. The molecule has 0 saturated carbocycles. The van der Waals surface area contributed by atoms with Crippen LogP contribution >= 0.6 is 0 Å². The van der Waals surface area contributed by atoms with Gasteiger partial charge in [-0.25, -0.2) is 0 Å². The number of benzene rings is 2. The van der Waals surface area contributed by atoms with Crippen molar-refractivity contribution in [2.75, 3.05) is 6.61 Å². The highest BCUT2D eigenvalue weighted by atomic mass is 16.5.